The van der Waals surface area contributed by atoms with Crippen molar-refractivity contribution in [2.45, 2.75) is 12.5 Å². The fourth-order valence-corrected chi connectivity index (χ4v) is 4.07. The van der Waals surface area contributed by atoms with E-state index in [9.17, 15) is 10.1 Å². The number of ether oxygens (including phenoxy) is 2. The minimum absolute atomic E-state index is 0.106. The molecular weight excluding hydrogens is 510 g/mol. The minimum Gasteiger partial charge on any atom is -0.486 e. The maximum Gasteiger partial charge on any atom is 0.248 e. The quantitative estimate of drug-likeness (QED) is 0.398. The molecule has 1 fully saturated rings. The van der Waals surface area contributed by atoms with Gasteiger partial charge in [0.1, 0.15) is 17.9 Å². The number of anilines is 3. The highest BCUT2D eigenvalue weighted by atomic mass is 79.9. The van der Waals surface area contributed by atoms with Gasteiger partial charge >= 0.3 is 0 Å². The maximum atomic E-state index is 12.7. The molecule has 8 nitrogen and oxygen atoms in total. The molecule has 0 radical (unpaired) electrons. The zero-order valence-electron chi connectivity index (χ0n) is 19.5. The normalized spacial score (nSPS) is 15.5. The molecule has 1 atom stereocenters. The van der Waals surface area contributed by atoms with Crippen LogP contribution in [0.15, 0.2) is 59.2 Å². The molecule has 0 bridgehead atoms. The molecule has 0 spiro atoms. The third kappa shape index (κ3) is 6.36. The van der Waals surface area contributed by atoms with Crippen LogP contribution in [0.2, 0.25) is 0 Å². The predicted octanol–water partition coefficient (Wildman–Crippen LogP) is 4.84. The summed E-state index contributed by atoms with van der Waals surface area (Å²) < 4.78 is 12.5. The third-order valence-corrected chi connectivity index (χ3v) is 5.86. The van der Waals surface area contributed by atoms with Crippen molar-refractivity contribution < 1.29 is 14.3 Å². The van der Waals surface area contributed by atoms with Gasteiger partial charge in [-0.3, -0.25) is 9.78 Å². The van der Waals surface area contributed by atoms with Gasteiger partial charge in [-0.15, -0.1) is 0 Å². The van der Waals surface area contributed by atoms with Crippen LogP contribution in [0.4, 0.5) is 17.1 Å². The largest absolute Gasteiger partial charge is 0.486 e. The van der Waals surface area contributed by atoms with Crippen LogP contribution in [0.3, 0.4) is 0 Å². The van der Waals surface area contributed by atoms with E-state index in [2.05, 4.69) is 37.6 Å². The number of nitrogens with one attached hydrogen (secondary N) is 2. The molecule has 9 heteroatoms. The first-order chi connectivity index (χ1) is 16.9. The molecule has 4 rings (SSSR count). The monoisotopic (exact) mass is 535 g/mol. The first kappa shape index (κ1) is 24.7. The molecule has 1 aromatic heterocycles. The van der Waals surface area contributed by atoms with E-state index in [1.807, 2.05) is 43.3 Å². The van der Waals surface area contributed by atoms with Crippen LogP contribution in [-0.4, -0.2) is 55.7 Å². The minimum atomic E-state index is -0.274. The molecule has 1 unspecified atom stereocenters. The number of hydrogen-bond donors (Lipinski definition) is 2. The van der Waals surface area contributed by atoms with Crippen molar-refractivity contribution in [2.75, 3.05) is 44.5 Å². The summed E-state index contributed by atoms with van der Waals surface area (Å²) in [5.74, 6) is 0.234. The number of carbonyl (C=O) groups excluding carboxylic acids is 1. The molecule has 0 saturated carbocycles. The second-order valence-electron chi connectivity index (χ2n) is 8.42. The highest BCUT2D eigenvalue weighted by Crippen LogP contribution is 2.37. The summed E-state index contributed by atoms with van der Waals surface area (Å²) in [5.41, 5.74) is 2.93. The van der Waals surface area contributed by atoms with Crippen molar-refractivity contribution in [2.24, 2.45) is 0 Å². The SMILES string of the molecule is CN(C)C/C=C\C(=O)Nc1cc2c(Nc3cccc(Br)c3)c(C#N)cnc2cc1OC1CCOC1. The number of fused-ring (bicyclic) bond motifs is 1. The van der Waals surface area contributed by atoms with Gasteiger partial charge in [0.25, 0.3) is 0 Å². The number of likely N-dealkylation sites (N-methyl/N-ethyl adjacent to an activating group) is 1. The first-order valence-electron chi connectivity index (χ1n) is 11.2. The Hall–Kier alpha value is -3.45. The lowest BCUT2D eigenvalue weighted by atomic mass is 10.1. The number of benzene rings is 2. The molecule has 2 N–H and O–H groups in total. The molecule has 0 aliphatic carbocycles. The van der Waals surface area contributed by atoms with E-state index in [-0.39, 0.29) is 12.0 Å². The molecule has 3 aromatic rings. The maximum absolute atomic E-state index is 12.7. The second kappa shape index (κ2) is 11.3. The van der Waals surface area contributed by atoms with Gasteiger partial charge < -0.3 is 25.0 Å². The molecule has 1 amide bonds. The third-order valence-electron chi connectivity index (χ3n) is 5.36. The predicted molar refractivity (Wildman–Crippen MR) is 140 cm³/mol. The van der Waals surface area contributed by atoms with Crippen LogP contribution in [-0.2, 0) is 9.53 Å². The highest BCUT2D eigenvalue weighted by Gasteiger charge is 2.21. The van der Waals surface area contributed by atoms with Gasteiger partial charge in [0.15, 0.2) is 0 Å². The molecular formula is C26H26BrN5O3. The van der Waals surface area contributed by atoms with Gasteiger partial charge in [-0.05, 0) is 38.4 Å². The summed E-state index contributed by atoms with van der Waals surface area (Å²) in [7, 11) is 3.86. The lowest BCUT2D eigenvalue weighted by Gasteiger charge is -2.18. The van der Waals surface area contributed by atoms with Gasteiger partial charge in [-0.2, -0.15) is 5.26 Å². The average molecular weight is 536 g/mol. The molecule has 1 saturated heterocycles. The average Bonchev–Trinajstić information content (AvgIpc) is 3.33. The first-order valence-corrected chi connectivity index (χ1v) is 12.0. The van der Waals surface area contributed by atoms with Crippen molar-refractivity contribution in [1.82, 2.24) is 9.88 Å². The Morgan fingerprint density at radius 3 is 2.94 bits per heavy atom. The lowest BCUT2D eigenvalue weighted by molar-refractivity contribution is -0.111. The van der Waals surface area contributed by atoms with Crippen LogP contribution < -0.4 is 15.4 Å². The number of nitriles is 1. The van der Waals surface area contributed by atoms with Crippen LogP contribution in [0.25, 0.3) is 10.9 Å². The van der Waals surface area contributed by atoms with Crippen molar-refractivity contribution in [3.05, 3.63) is 64.8 Å². The summed E-state index contributed by atoms with van der Waals surface area (Å²) in [6, 6.07) is 13.5. The lowest BCUT2D eigenvalue weighted by Crippen LogP contribution is -2.18. The van der Waals surface area contributed by atoms with Gasteiger partial charge in [0, 0.05) is 46.9 Å². The molecule has 2 heterocycles. The zero-order valence-corrected chi connectivity index (χ0v) is 21.1. The topological polar surface area (TPSA) is 99.5 Å². The fraction of sp³-hybridized carbons (Fsp3) is 0.269. The van der Waals surface area contributed by atoms with E-state index in [0.29, 0.717) is 53.3 Å². The number of nitrogens with zero attached hydrogens (tertiary/aromatic N) is 3. The summed E-state index contributed by atoms with van der Waals surface area (Å²) in [6.45, 7) is 1.77. The smallest absolute Gasteiger partial charge is 0.248 e. The van der Waals surface area contributed by atoms with Crippen LogP contribution in [0.1, 0.15) is 12.0 Å². The van der Waals surface area contributed by atoms with E-state index in [4.69, 9.17) is 9.47 Å². The van der Waals surface area contributed by atoms with E-state index >= 15 is 0 Å². The fourth-order valence-electron chi connectivity index (χ4n) is 3.68. The number of halogens is 1. The van der Waals surface area contributed by atoms with E-state index < -0.39 is 0 Å². The number of pyridine rings is 1. The highest BCUT2D eigenvalue weighted by molar-refractivity contribution is 9.10. The van der Waals surface area contributed by atoms with E-state index in [1.54, 1.807) is 18.2 Å². The van der Waals surface area contributed by atoms with Gasteiger partial charge in [-0.1, -0.05) is 28.1 Å². The summed E-state index contributed by atoms with van der Waals surface area (Å²) >= 11 is 3.48. The summed E-state index contributed by atoms with van der Waals surface area (Å²) in [4.78, 5) is 19.1. The second-order valence-corrected chi connectivity index (χ2v) is 9.33. The Balaban J connectivity index is 1.76. The van der Waals surface area contributed by atoms with Crippen LogP contribution in [0.5, 0.6) is 5.75 Å². The summed E-state index contributed by atoms with van der Waals surface area (Å²) in [5, 5.41) is 16.7. The Bertz CT molecular complexity index is 1300. The molecule has 2 aromatic carbocycles. The van der Waals surface area contributed by atoms with Crippen molar-refractivity contribution in [3.63, 3.8) is 0 Å². The Morgan fingerprint density at radius 1 is 1.37 bits per heavy atom. The Kier molecular flexibility index (Phi) is 7.98. The van der Waals surface area contributed by atoms with Crippen molar-refractivity contribution in [1.29, 1.82) is 5.26 Å². The van der Waals surface area contributed by atoms with Gasteiger partial charge in [0.05, 0.1) is 35.7 Å². The van der Waals surface area contributed by atoms with Crippen molar-refractivity contribution in [3.8, 4) is 11.8 Å². The van der Waals surface area contributed by atoms with Crippen molar-refractivity contribution >= 4 is 49.8 Å². The van der Waals surface area contributed by atoms with Crippen LogP contribution >= 0.6 is 15.9 Å². The van der Waals surface area contributed by atoms with E-state index in [0.717, 1.165) is 16.6 Å². The standard InChI is InChI=1S/C26H26BrN5O3/c1-32(2)9-4-7-25(33)31-23-12-21-22(13-24(23)35-20-8-10-34-16-20)29-15-17(14-28)26(21)30-19-6-3-5-18(27)11-19/h3-7,11-13,15,20H,8-10,16H2,1-2H3,(H,29,30)(H,31,33)/b7-4-. The molecule has 180 valence electrons. The molecule has 35 heavy (non-hydrogen) atoms. The number of amides is 1. The molecule has 1 aliphatic rings. The Morgan fingerprint density at radius 2 is 2.23 bits per heavy atom. The molecule has 1 aliphatic heterocycles. The number of rotatable bonds is 8. The number of carbonyl (C=O) groups is 1. The van der Waals surface area contributed by atoms with Crippen LogP contribution in [0, 0.1) is 11.3 Å². The Labute approximate surface area is 212 Å². The van der Waals surface area contributed by atoms with Gasteiger partial charge in [0.2, 0.25) is 5.91 Å². The zero-order chi connectivity index (χ0) is 24.8. The number of aromatic nitrogens is 1. The van der Waals surface area contributed by atoms with E-state index in [1.165, 1.54) is 12.3 Å². The summed E-state index contributed by atoms with van der Waals surface area (Å²) in [6.07, 6.45) is 5.48. The number of hydrogen-bond acceptors (Lipinski definition) is 7. The van der Waals surface area contributed by atoms with Gasteiger partial charge in [-0.25, -0.2) is 0 Å².